The minimum Gasteiger partial charge on any atom is -0.385 e. The summed E-state index contributed by atoms with van der Waals surface area (Å²) < 4.78 is 43.5. The SMILES string of the molecule is COCCC[C@@H]1CCCCN1C(=O)c1cccc(C(F)(F)F)c1. The molecule has 0 unspecified atom stereocenters. The molecule has 1 amide bonds. The van der Waals surface area contributed by atoms with Gasteiger partial charge >= 0.3 is 6.18 Å². The third kappa shape index (κ3) is 4.70. The van der Waals surface area contributed by atoms with Gasteiger partial charge in [-0.05, 0) is 50.3 Å². The summed E-state index contributed by atoms with van der Waals surface area (Å²) in [5.74, 6) is -0.307. The van der Waals surface area contributed by atoms with E-state index in [0.717, 1.165) is 44.2 Å². The number of alkyl halides is 3. The van der Waals surface area contributed by atoms with Crippen molar-refractivity contribution in [3.63, 3.8) is 0 Å². The zero-order chi connectivity index (χ0) is 16.9. The molecule has 1 saturated heterocycles. The Hall–Kier alpha value is -1.56. The maximum Gasteiger partial charge on any atom is 0.416 e. The van der Waals surface area contributed by atoms with E-state index in [0.29, 0.717) is 13.2 Å². The van der Waals surface area contributed by atoms with Crippen LogP contribution in [0.5, 0.6) is 0 Å². The molecule has 128 valence electrons. The standard InChI is InChI=1S/C17H22F3NO2/c1-23-11-5-9-15-8-2-3-10-21(15)16(22)13-6-4-7-14(12-13)17(18,19)20/h4,6-7,12,15H,2-3,5,8-11H2,1H3/t15-/m0/s1. The van der Waals surface area contributed by atoms with Gasteiger partial charge in [-0.1, -0.05) is 6.07 Å². The van der Waals surface area contributed by atoms with Crippen LogP contribution in [0.2, 0.25) is 0 Å². The number of piperidine rings is 1. The first-order valence-electron chi connectivity index (χ1n) is 7.90. The number of methoxy groups -OCH3 is 1. The summed E-state index contributed by atoms with van der Waals surface area (Å²) >= 11 is 0. The summed E-state index contributed by atoms with van der Waals surface area (Å²) in [4.78, 5) is 14.4. The van der Waals surface area contributed by atoms with E-state index in [-0.39, 0.29) is 17.5 Å². The lowest BCUT2D eigenvalue weighted by Gasteiger charge is -2.36. The van der Waals surface area contributed by atoms with E-state index in [4.69, 9.17) is 4.74 Å². The number of rotatable bonds is 5. The van der Waals surface area contributed by atoms with Crippen molar-refractivity contribution >= 4 is 5.91 Å². The number of carbonyl (C=O) groups excluding carboxylic acids is 1. The number of carbonyl (C=O) groups is 1. The zero-order valence-corrected chi connectivity index (χ0v) is 13.2. The van der Waals surface area contributed by atoms with Gasteiger partial charge in [0.05, 0.1) is 5.56 Å². The van der Waals surface area contributed by atoms with E-state index in [9.17, 15) is 18.0 Å². The first kappa shape index (κ1) is 17.8. The molecule has 0 N–H and O–H groups in total. The molecule has 1 aliphatic heterocycles. The van der Waals surface area contributed by atoms with E-state index >= 15 is 0 Å². The molecule has 2 rings (SSSR count). The van der Waals surface area contributed by atoms with Crippen LogP contribution >= 0.6 is 0 Å². The third-order valence-corrected chi connectivity index (χ3v) is 4.21. The van der Waals surface area contributed by atoms with Gasteiger partial charge in [0.1, 0.15) is 0 Å². The second-order valence-corrected chi connectivity index (χ2v) is 5.86. The van der Waals surface area contributed by atoms with Crippen LogP contribution in [0.3, 0.4) is 0 Å². The molecule has 0 radical (unpaired) electrons. The van der Waals surface area contributed by atoms with Gasteiger partial charge in [-0.25, -0.2) is 0 Å². The second-order valence-electron chi connectivity index (χ2n) is 5.86. The Morgan fingerprint density at radius 1 is 1.35 bits per heavy atom. The van der Waals surface area contributed by atoms with E-state index in [2.05, 4.69) is 0 Å². The predicted molar refractivity (Wildman–Crippen MR) is 81.2 cm³/mol. The van der Waals surface area contributed by atoms with Crippen molar-refractivity contribution in [1.82, 2.24) is 4.90 Å². The Balaban J connectivity index is 2.13. The van der Waals surface area contributed by atoms with Gasteiger partial charge in [0.2, 0.25) is 0 Å². The van der Waals surface area contributed by atoms with Gasteiger partial charge in [-0.2, -0.15) is 13.2 Å². The van der Waals surface area contributed by atoms with Crippen molar-refractivity contribution in [2.24, 2.45) is 0 Å². The average Bonchev–Trinajstić information content (AvgIpc) is 2.54. The molecule has 0 spiro atoms. The highest BCUT2D eigenvalue weighted by atomic mass is 19.4. The minimum atomic E-state index is -4.43. The molecule has 1 aliphatic rings. The minimum absolute atomic E-state index is 0.0842. The average molecular weight is 329 g/mol. The van der Waals surface area contributed by atoms with Crippen molar-refractivity contribution < 1.29 is 22.7 Å². The van der Waals surface area contributed by atoms with Gasteiger partial charge in [-0.3, -0.25) is 4.79 Å². The Labute approximate surface area is 134 Å². The number of ether oxygens (including phenoxy) is 1. The largest absolute Gasteiger partial charge is 0.416 e. The Kier molecular flexibility index (Phi) is 6.04. The molecule has 23 heavy (non-hydrogen) atoms. The normalized spacial score (nSPS) is 19.0. The smallest absolute Gasteiger partial charge is 0.385 e. The molecule has 6 heteroatoms. The molecule has 1 atom stereocenters. The lowest BCUT2D eigenvalue weighted by atomic mass is 9.96. The lowest BCUT2D eigenvalue weighted by Crippen LogP contribution is -2.43. The van der Waals surface area contributed by atoms with E-state index in [1.165, 1.54) is 12.1 Å². The van der Waals surface area contributed by atoms with Crippen molar-refractivity contribution in [3.8, 4) is 0 Å². The second kappa shape index (κ2) is 7.81. The summed E-state index contributed by atoms with van der Waals surface area (Å²) in [5.41, 5.74) is -0.672. The van der Waals surface area contributed by atoms with Crippen LogP contribution in [0, 0.1) is 0 Å². The van der Waals surface area contributed by atoms with Crippen LogP contribution in [0.4, 0.5) is 13.2 Å². The summed E-state index contributed by atoms with van der Waals surface area (Å²) in [7, 11) is 1.63. The highest BCUT2D eigenvalue weighted by Crippen LogP contribution is 2.30. The van der Waals surface area contributed by atoms with E-state index < -0.39 is 11.7 Å². The quantitative estimate of drug-likeness (QED) is 0.760. The molecule has 1 fully saturated rings. The highest BCUT2D eigenvalue weighted by Gasteiger charge is 2.32. The first-order valence-corrected chi connectivity index (χ1v) is 7.90. The molecular weight excluding hydrogens is 307 g/mol. The fraction of sp³-hybridized carbons (Fsp3) is 0.588. The van der Waals surface area contributed by atoms with Crippen LogP contribution < -0.4 is 0 Å². The lowest BCUT2D eigenvalue weighted by molar-refractivity contribution is -0.137. The van der Waals surface area contributed by atoms with Crippen LogP contribution in [0.1, 0.15) is 48.0 Å². The number of hydrogen-bond acceptors (Lipinski definition) is 2. The Morgan fingerprint density at radius 2 is 2.13 bits per heavy atom. The fourth-order valence-corrected chi connectivity index (χ4v) is 3.03. The van der Waals surface area contributed by atoms with Gasteiger partial charge in [-0.15, -0.1) is 0 Å². The Bertz CT molecular complexity index is 531. The van der Waals surface area contributed by atoms with Crippen molar-refractivity contribution in [2.45, 2.75) is 44.3 Å². The molecule has 3 nitrogen and oxygen atoms in total. The third-order valence-electron chi connectivity index (χ3n) is 4.21. The molecule has 1 aromatic rings. The molecular formula is C17H22F3NO2. The number of amides is 1. The Morgan fingerprint density at radius 3 is 2.83 bits per heavy atom. The monoisotopic (exact) mass is 329 g/mol. The molecule has 0 saturated carbocycles. The van der Waals surface area contributed by atoms with Crippen molar-refractivity contribution in [2.75, 3.05) is 20.3 Å². The highest BCUT2D eigenvalue weighted by molar-refractivity contribution is 5.94. The summed E-state index contributed by atoms with van der Waals surface area (Å²) in [6.07, 6.45) is 0.0616. The van der Waals surface area contributed by atoms with Crippen LogP contribution in [-0.2, 0) is 10.9 Å². The molecule has 1 heterocycles. The predicted octanol–water partition coefficient (Wildman–Crippen LogP) is 4.13. The first-order chi connectivity index (χ1) is 10.9. The van der Waals surface area contributed by atoms with E-state index in [1.807, 2.05) is 0 Å². The summed E-state index contributed by atoms with van der Waals surface area (Å²) in [5, 5.41) is 0. The van der Waals surface area contributed by atoms with Crippen molar-refractivity contribution in [1.29, 1.82) is 0 Å². The fourth-order valence-electron chi connectivity index (χ4n) is 3.03. The molecule has 1 aromatic carbocycles. The number of halogens is 3. The molecule has 0 bridgehead atoms. The van der Waals surface area contributed by atoms with Gasteiger partial charge in [0.25, 0.3) is 5.91 Å². The summed E-state index contributed by atoms with van der Waals surface area (Å²) in [6, 6.07) is 4.77. The molecule has 0 aliphatic carbocycles. The van der Waals surface area contributed by atoms with Gasteiger partial charge in [0, 0.05) is 31.9 Å². The van der Waals surface area contributed by atoms with Crippen LogP contribution in [-0.4, -0.2) is 37.1 Å². The van der Waals surface area contributed by atoms with Crippen LogP contribution in [0.15, 0.2) is 24.3 Å². The maximum atomic E-state index is 12.8. The number of hydrogen-bond donors (Lipinski definition) is 0. The number of likely N-dealkylation sites (tertiary alicyclic amines) is 1. The number of benzene rings is 1. The topological polar surface area (TPSA) is 29.5 Å². The van der Waals surface area contributed by atoms with Gasteiger partial charge in [0.15, 0.2) is 0 Å². The molecule has 0 aromatic heterocycles. The maximum absolute atomic E-state index is 12.8. The van der Waals surface area contributed by atoms with Crippen molar-refractivity contribution in [3.05, 3.63) is 35.4 Å². The van der Waals surface area contributed by atoms with Crippen LogP contribution in [0.25, 0.3) is 0 Å². The van der Waals surface area contributed by atoms with Gasteiger partial charge < -0.3 is 9.64 Å². The zero-order valence-electron chi connectivity index (χ0n) is 13.2. The summed E-state index contributed by atoms with van der Waals surface area (Å²) in [6.45, 7) is 1.23. The number of nitrogens with zero attached hydrogens (tertiary/aromatic N) is 1. The van der Waals surface area contributed by atoms with E-state index in [1.54, 1.807) is 12.0 Å².